The van der Waals surface area contributed by atoms with Crippen LogP contribution in [0.15, 0.2) is 12.0 Å². The molecule has 0 saturated carbocycles. The highest BCUT2D eigenvalue weighted by atomic mass is 16.6. The molecule has 0 aromatic rings. The van der Waals surface area contributed by atoms with Gasteiger partial charge in [-0.3, -0.25) is 4.79 Å². The molecule has 2 rings (SSSR count). The molecular weight excluding hydrogens is 196 g/mol. The largest absolute Gasteiger partial charge is 0.494 e. The number of ether oxygens (including phenoxy) is 2. The fourth-order valence-electron chi connectivity index (χ4n) is 1.72. The second kappa shape index (κ2) is 5.02. The fraction of sp³-hybridized carbons (Fsp3) is 0.700. The Kier molecular flexibility index (Phi) is 3.45. The zero-order valence-electron chi connectivity index (χ0n) is 8.62. The van der Waals surface area contributed by atoms with Crippen molar-refractivity contribution in [2.24, 2.45) is 0 Å². The summed E-state index contributed by atoms with van der Waals surface area (Å²) in [4.78, 5) is 11.7. The van der Waals surface area contributed by atoms with E-state index in [1.165, 1.54) is 6.26 Å². The van der Waals surface area contributed by atoms with E-state index >= 15 is 0 Å². The minimum absolute atomic E-state index is 0.177. The summed E-state index contributed by atoms with van der Waals surface area (Å²) in [7, 11) is 0. The first kappa shape index (κ1) is 10.3. The first-order valence-electron chi connectivity index (χ1n) is 5.32. The Hall–Kier alpha value is -1.23. The molecule has 1 amide bonds. The Labute approximate surface area is 88.8 Å². The summed E-state index contributed by atoms with van der Waals surface area (Å²) in [6.07, 6.45) is 3.50. The molecule has 2 N–H and O–H groups in total. The van der Waals surface area contributed by atoms with Gasteiger partial charge in [0.25, 0.3) is 5.91 Å². The fourth-order valence-corrected chi connectivity index (χ4v) is 1.72. The molecule has 15 heavy (non-hydrogen) atoms. The van der Waals surface area contributed by atoms with Gasteiger partial charge in [-0.05, 0) is 19.4 Å². The van der Waals surface area contributed by atoms with Gasteiger partial charge in [0.05, 0.1) is 0 Å². The number of carbonyl (C=O) groups excluding carboxylic acids is 1. The highest BCUT2D eigenvalue weighted by Gasteiger charge is 2.20. The summed E-state index contributed by atoms with van der Waals surface area (Å²) < 4.78 is 10.2. The van der Waals surface area contributed by atoms with Gasteiger partial charge in [-0.15, -0.1) is 0 Å². The predicted molar refractivity (Wildman–Crippen MR) is 54.0 cm³/mol. The van der Waals surface area contributed by atoms with Crippen molar-refractivity contribution in [2.75, 3.05) is 26.3 Å². The first-order chi connectivity index (χ1) is 7.36. The lowest BCUT2D eigenvalue weighted by molar-refractivity contribution is -0.123. The summed E-state index contributed by atoms with van der Waals surface area (Å²) >= 11 is 0. The summed E-state index contributed by atoms with van der Waals surface area (Å²) in [5, 5.41) is 6.15. The quantitative estimate of drug-likeness (QED) is 0.662. The summed E-state index contributed by atoms with van der Waals surface area (Å²) in [6.45, 7) is 2.83. The SMILES string of the molecule is O=C(N[C@H]1CCCNC1)C1=COCCO1. The molecule has 5 nitrogen and oxygen atoms in total. The van der Waals surface area contributed by atoms with Crippen LogP contribution in [0.3, 0.4) is 0 Å². The average molecular weight is 212 g/mol. The number of rotatable bonds is 2. The van der Waals surface area contributed by atoms with Crippen LogP contribution < -0.4 is 10.6 Å². The monoisotopic (exact) mass is 212 g/mol. The van der Waals surface area contributed by atoms with Crippen molar-refractivity contribution in [3.05, 3.63) is 12.0 Å². The smallest absolute Gasteiger partial charge is 0.289 e. The molecule has 0 aliphatic carbocycles. The summed E-state index contributed by atoms with van der Waals surface area (Å²) in [5.74, 6) is 0.107. The third kappa shape index (κ3) is 2.86. The third-order valence-corrected chi connectivity index (χ3v) is 2.51. The Morgan fingerprint density at radius 3 is 3.13 bits per heavy atom. The molecule has 1 atom stereocenters. The van der Waals surface area contributed by atoms with E-state index in [4.69, 9.17) is 9.47 Å². The van der Waals surface area contributed by atoms with Gasteiger partial charge in [0.2, 0.25) is 5.76 Å². The molecule has 2 aliphatic heterocycles. The number of amides is 1. The number of hydrogen-bond donors (Lipinski definition) is 2. The standard InChI is InChI=1S/C10H16N2O3/c13-10(9-7-14-4-5-15-9)12-8-2-1-3-11-6-8/h7-8,11H,1-6H2,(H,12,13)/t8-/m0/s1. The molecule has 1 fully saturated rings. The number of piperidine rings is 1. The lowest BCUT2D eigenvalue weighted by atomic mass is 10.1. The molecule has 0 bridgehead atoms. The second-order valence-corrected chi connectivity index (χ2v) is 3.72. The highest BCUT2D eigenvalue weighted by Crippen LogP contribution is 2.07. The molecule has 5 heteroatoms. The zero-order chi connectivity index (χ0) is 10.5. The van der Waals surface area contributed by atoms with Crippen molar-refractivity contribution in [1.82, 2.24) is 10.6 Å². The Morgan fingerprint density at radius 1 is 1.53 bits per heavy atom. The van der Waals surface area contributed by atoms with E-state index in [0.717, 1.165) is 25.9 Å². The van der Waals surface area contributed by atoms with E-state index < -0.39 is 0 Å². The van der Waals surface area contributed by atoms with Gasteiger partial charge in [-0.25, -0.2) is 0 Å². The molecule has 0 unspecified atom stereocenters. The van der Waals surface area contributed by atoms with Crippen LogP contribution in [0.1, 0.15) is 12.8 Å². The van der Waals surface area contributed by atoms with Crippen LogP contribution in [0.4, 0.5) is 0 Å². The molecular formula is C10H16N2O3. The van der Waals surface area contributed by atoms with Crippen LogP contribution in [0.25, 0.3) is 0 Å². The van der Waals surface area contributed by atoms with Gasteiger partial charge in [-0.1, -0.05) is 0 Å². The lowest BCUT2D eigenvalue weighted by Gasteiger charge is -2.24. The topological polar surface area (TPSA) is 59.6 Å². The van der Waals surface area contributed by atoms with E-state index in [1.54, 1.807) is 0 Å². The van der Waals surface area contributed by atoms with Crippen LogP contribution in [-0.4, -0.2) is 38.3 Å². The van der Waals surface area contributed by atoms with Crippen LogP contribution >= 0.6 is 0 Å². The van der Waals surface area contributed by atoms with E-state index in [1.807, 2.05) is 0 Å². The number of carbonyl (C=O) groups is 1. The Bertz CT molecular complexity index is 259. The van der Waals surface area contributed by atoms with Gasteiger partial charge in [0, 0.05) is 12.6 Å². The van der Waals surface area contributed by atoms with Crippen LogP contribution in [0, 0.1) is 0 Å². The van der Waals surface area contributed by atoms with Crippen molar-refractivity contribution in [3.8, 4) is 0 Å². The molecule has 2 heterocycles. The van der Waals surface area contributed by atoms with Gasteiger partial charge >= 0.3 is 0 Å². The van der Waals surface area contributed by atoms with Gasteiger partial charge in [0.15, 0.2) is 0 Å². The molecule has 0 aromatic heterocycles. The Morgan fingerprint density at radius 2 is 2.47 bits per heavy atom. The minimum atomic E-state index is -0.177. The molecule has 0 radical (unpaired) electrons. The van der Waals surface area contributed by atoms with E-state index in [0.29, 0.717) is 13.2 Å². The molecule has 2 aliphatic rings. The van der Waals surface area contributed by atoms with Crippen molar-refractivity contribution in [3.63, 3.8) is 0 Å². The van der Waals surface area contributed by atoms with Gasteiger partial charge < -0.3 is 20.1 Å². The van der Waals surface area contributed by atoms with E-state index in [9.17, 15) is 4.79 Å². The molecule has 84 valence electrons. The summed E-state index contributed by atoms with van der Waals surface area (Å²) in [5.41, 5.74) is 0. The number of hydrogen-bond acceptors (Lipinski definition) is 4. The van der Waals surface area contributed by atoms with Crippen LogP contribution in [0.2, 0.25) is 0 Å². The van der Waals surface area contributed by atoms with Gasteiger partial charge in [0.1, 0.15) is 19.5 Å². The zero-order valence-corrected chi connectivity index (χ0v) is 8.62. The molecule has 1 saturated heterocycles. The maximum absolute atomic E-state index is 11.7. The van der Waals surface area contributed by atoms with Crippen molar-refractivity contribution >= 4 is 5.91 Å². The molecule has 0 aromatic carbocycles. The van der Waals surface area contributed by atoms with Gasteiger partial charge in [-0.2, -0.15) is 0 Å². The number of nitrogens with one attached hydrogen (secondary N) is 2. The maximum atomic E-state index is 11.7. The predicted octanol–water partition coefficient (Wildman–Crippen LogP) is -0.257. The van der Waals surface area contributed by atoms with Crippen LogP contribution in [0.5, 0.6) is 0 Å². The maximum Gasteiger partial charge on any atom is 0.289 e. The van der Waals surface area contributed by atoms with E-state index in [-0.39, 0.29) is 17.7 Å². The normalized spacial score (nSPS) is 25.9. The minimum Gasteiger partial charge on any atom is -0.494 e. The average Bonchev–Trinajstić information content (AvgIpc) is 2.31. The van der Waals surface area contributed by atoms with Crippen molar-refractivity contribution < 1.29 is 14.3 Å². The highest BCUT2D eigenvalue weighted by molar-refractivity contribution is 5.91. The summed E-state index contributed by atoms with van der Waals surface area (Å²) in [6, 6.07) is 0.206. The van der Waals surface area contributed by atoms with Crippen molar-refractivity contribution in [1.29, 1.82) is 0 Å². The van der Waals surface area contributed by atoms with Crippen molar-refractivity contribution in [2.45, 2.75) is 18.9 Å². The first-order valence-corrected chi connectivity index (χ1v) is 5.32. The third-order valence-electron chi connectivity index (χ3n) is 2.51. The second-order valence-electron chi connectivity index (χ2n) is 3.72. The molecule has 0 spiro atoms. The Balaban J connectivity index is 1.82. The van der Waals surface area contributed by atoms with E-state index in [2.05, 4.69) is 10.6 Å². The lowest BCUT2D eigenvalue weighted by Crippen LogP contribution is -2.46. The van der Waals surface area contributed by atoms with Crippen LogP contribution in [-0.2, 0) is 14.3 Å².